The smallest absolute Gasteiger partial charge is 0.337 e. The molecule has 28 heavy (non-hydrogen) atoms. The molecule has 0 unspecified atom stereocenters. The second kappa shape index (κ2) is 9.55. The maximum absolute atomic E-state index is 13.2. The van der Waals surface area contributed by atoms with Gasteiger partial charge in [0.25, 0.3) is 0 Å². The molecule has 0 N–H and O–H groups in total. The maximum Gasteiger partial charge on any atom is 0.337 e. The second-order valence-electron chi connectivity index (χ2n) is 6.17. The van der Waals surface area contributed by atoms with Crippen molar-refractivity contribution in [2.45, 2.75) is 20.8 Å². The summed E-state index contributed by atoms with van der Waals surface area (Å²) in [6.07, 6.45) is 0. The largest absolute Gasteiger partial charge is 0.497 e. The molecule has 0 spiro atoms. The quantitative estimate of drug-likeness (QED) is 0.400. The summed E-state index contributed by atoms with van der Waals surface area (Å²) >= 11 is 0. The third-order valence-electron chi connectivity index (χ3n) is 4.43. The van der Waals surface area contributed by atoms with E-state index in [1.54, 1.807) is 38.3 Å². The van der Waals surface area contributed by atoms with Gasteiger partial charge in [0.05, 0.1) is 19.8 Å². The van der Waals surface area contributed by atoms with E-state index in [4.69, 9.17) is 14.2 Å². The standard InChI is InChI=1S/C23H24O5/c1-15(18-9-7-6-8-10-18)16(2)21(24)22(17(3)23(25)27-5)28-20-13-11-19(26-4)12-14-20/h6-14H,1-5H3/b16-15+,22-17-. The molecule has 0 atom stereocenters. The lowest BCUT2D eigenvalue weighted by Gasteiger charge is -2.14. The monoisotopic (exact) mass is 380 g/mol. The highest BCUT2D eigenvalue weighted by Gasteiger charge is 2.23. The summed E-state index contributed by atoms with van der Waals surface area (Å²) in [5.74, 6) is 0.00866. The van der Waals surface area contributed by atoms with E-state index in [1.807, 2.05) is 37.3 Å². The van der Waals surface area contributed by atoms with Crippen LogP contribution in [0.25, 0.3) is 5.57 Å². The van der Waals surface area contributed by atoms with Crippen molar-refractivity contribution in [1.82, 2.24) is 0 Å². The van der Waals surface area contributed by atoms with Gasteiger partial charge in [-0.1, -0.05) is 30.3 Å². The van der Waals surface area contributed by atoms with E-state index in [1.165, 1.54) is 14.0 Å². The van der Waals surface area contributed by atoms with Crippen LogP contribution in [0.1, 0.15) is 26.3 Å². The first-order valence-electron chi connectivity index (χ1n) is 8.77. The number of esters is 1. The Morgan fingerprint density at radius 1 is 0.750 bits per heavy atom. The Balaban J connectivity index is 2.46. The summed E-state index contributed by atoms with van der Waals surface area (Å²) in [5.41, 5.74) is 2.31. The van der Waals surface area contributed by atoms with Gasteiger partial charge in [-0.25, -0.2) is 4.79 Å². The molecule has 0 fully saturated rings. The first kappa shape index (κ1) is 21.0. The SMILES string of the molecule is COC(=O)/C(C)=C(\Oc1ccc(OC)cc1)C(=O)/C(C)=C(\C)c1ccccc1. The van der Waals surface area contributed by atoms with Crippen molar-refractivity contribution in [1.29, 1.82) is 0 Å². The van der Waals surface area contributed by atoms with Crippen molar-refractivity contribution >= 4 is 17.3 Å². The van der Waals surface area contributed by atoms with Crippen LogP contribution in [0.4, 0.5) is 0 Å². The van der Waals surface area contributed by atoms with Gasteiger partial charge in [0.15, 0.2) is 5.76 Å². The molecule has 0 saturated carbocycles. The number of hydrogen-bond donors (Lipinski definition) is 0. The molecule has 0 amide bonds. The minimum absolute atomic E-state index is 0.0650. The molecule has 2 rings (SSSR count). The molecule has 0 saturated heterocycles. The molecular formula is C23H24O5. The van der Waals surface area contributed by atoms with Gasteiger partial charge < -0.3 is 14.2 Å². The van der Waals surface area contributed by atoms with Crippen LogP contribution in [0.2, 0.25) is 0 Å². The minimum Gasteiger partial charge on any atom is -0.497 e. The molecule has 0 aromatic heterocycles. The van der Waals surface area contributed by atoms with Crippen LogP contribution < -0.4 is 9.47 Å². The van der Waals surface area contributed by atoms with Crippen LogP contribution in [0.15, 0.2) is 71.5 Å². The topological polar surface area (TPSA) is 61.8 Å². The van der Waals surface area contributed by atoms with Gasteiger partial charge in [0.2, 0.25) is 5.78 Å². The zero-order chi connectivity index (χ0) is 20.7. The summed E-state index contributed by atoms with van der Waals surface area (Å²) in [7, 11) is 2.83. The van der Waals surface area contributed by atoms with Gasteiger partial charge in [-0.05, 0) is 56.2 Å². The fourth-order valence-corrected chi connectivity index (χ4v) is 2.55. The van der Waals surface area contributed by atoms with Crippen molar-refractivity contribution in [3.63, 3.8) is 0 Å². The fourth-order valence-electron chi connectivity index (χ4n) is 2.55. The molecular weight excluding hydrogens is 356 g/mol. The molecule has 0 heterocycles. The van der Waals surface area contributed by atoms with Crippen molar-refractivity contribution in [3.05, 3.63) is 77.1 Å². The number of hydrogen-bond acceptors (Lipinski definition) is 5. The Morgan fingerprint density at radius 3 is 1.86 bits per heavy atom. The molecule has 146 valence electrons. The average Bonchev–Trinajstić information content (AvgIpc) is 2.75. The first-order chi connectivity index (χ1) is 13.4. The number of carbonyl (C=O) groups is 2. The van der Waals surface area contributed by atoms with Gasteiger partial charge in [0, 0.05) is 5.57 Å². The van der Waals surface area contributed by atoms with Crippen LogP contribution in [0, 0.1) is 0 Å². The Kier molecular flexibility index (Phi) is 7.15. The van der Waals surface area contributed by atoms with Crippen LogP contribution >= 0.6 is 0 Å². The minimum atomic E-state index is -0.623. The number of allylic oxidation sites excluding steroid dienone is 2. The van der Waals surface area contributed by atoms with Crippen LogP contribution in [-0.4, -0.2) is 26.0 Å². The summed E-state index contributed by atoms with van der Waals surface area (Å²) in [6.45, 7) is 5.08. The number of rotatable bonds is 7. The zero-order valence-corrected chi connectivity index (χ0v) is 16.7. The van der Waals surface area contributed by atoms with Crippen molar-refractivity contribution < 1.29 is 23.8 Å². The predicted molar refractivity (Wildman–Crippen MR) is 108 cm³/mol. The van der Waals surface area contributed by atoms with E-state index in [0.717, 1.165) is 11.1 Å². The predicted octanol–water partition coefficient (Wildman–Crippen LogP) is 4.58. The van der Waals surface area contributed by atoms with Crippen molar-refractivity contribution in [3.8, 4) is 11.5 Å². The number of ether oxygens (including phenoxy) is 3. The summed E-state index contributed by atoms with van der Waals surface area (Å²) in [4.78, 5) is 25.2. The molecule has 2 aromatic carbocycles. The van der Waals surface area contributed by atoms with Crippen molar-refractivity contribution in [2.24, 2.45) is 0 Å². The van der Waals surface area contributed by atoms with Gasteiger partial charge in [-0.3, -0.25) is 4.79 Å². The van der Waals surface area contributed by atoms with Gasteiger partial charge in [-0.15, -0.1) is 0 Å². The highest BCUT2D eigenvalue weighted by atomic mass is 16.5. The van der Waals surface area contributed by atoms with E-state index in [0.29, 0.717) is 17.1 Å². The molecule has 5 nitrogen and oxygen atoms in total. The molecule has 0 bridgehead atoms. The third kappa shape index (κ3) is 4.88. The average molecular weight is 380 g/mol. The zero-order valence-electron chi connectivity index (χ0n) is 16.7. The van der Waals surface area contributed by atoms with Crippen molar-refractivity contribution in [2.75, 3.05) is 14.2 Å². The summed E-state index contributed by atoms with van der Waals surface area (Å²) in [6, 6.07) is 16.3. The van der Waals surface area contributed by atoms with E-state index in [-0.39, 0.29) is 17.1 Å². The van der Waals surface area contributed by atoms with Gasteiger partial charge in [-0.2, -0.15) is 0 Å². The molecule has 2 aromatic rings. The Morgan fingerprint density at radius 2 is 1.32 bits per heavy atom. The van der Waals surface area contributed by atoms with Gasteiger partial charge >= 0.3 is 5.97 Å². The molecule has 0 aliphatic carbocycles. The highest BCUT2D eigenvalue weighted by molar-refractivity contribution is 6.14. The number of ketones is 1. The maximum atomic E-state index is 13.2. The summed E-state index contributed by atoms with van der Waals surface area (Å²) < 4.78 is 15.7. The van der Waals surface area contributed by atoms with Gasteiger partial charge in [0.1, 0.15) is 11.5 Å². The molecule has 0 aliphatic rings. The fraction of sp³-hybridized carbons (Fsp3) is 0.217. The highest BCUT2D eigenvalue weighted by Crippen LogP contribution is 2.25. The Hall–Kier alpha value is -3.34. The van der Waals surface area contributed by atoms with Crippen LogP contribution in [0.3, 0.4) is 0 Å². The van der Waals surface area contributed by atoms with Crippen LogP contribution in [0.5, 0.6) is 11.5 Å². The Bertz CT molecular complexity index is 906. The normalized spacial score (nSPS) is 12.5. The second-order valence-corrected chi connectivity index (χ2v) is 6.17. The number of carbonyl (C=O) groups excluding carboxylic acids is 2. The van der Waals surface area contributed by atoms with E-state index in [9.17, 15) is 9.59 Å². The first-order valence-corrected chi connectivity index (χ1v) is 8.77. The van der Waals surface area contributed by atoms with E-state index in [2.05, 4.69) is 0 Å². The summed E-state index contributed by atoms with van der Waals surface area (Å²) in [5, 5.41) is 0. The molecule has 5 heteroatoms. The van der Waals surface area contributed by atoms with E-state index >= 15 is 0 Å². The number of Topliss-reactive ketones (excluding diaryl/α,β-unsaturated/α-hetero) is 1. The molecule has 0 aliphatic heterocycles. The lowest BCUT2D eigenvalue weighted by molar-refractivity contribution is -0.136. The number of benzene rings is 2. The lowest BCUT2D eigenvalue weighted by Crippen LogP contribution is -2.17. The Labute approximate surface area is 165 Å². The third-order valence-corrected chi connectivity index (χ3v) is 4.43. The molecule has 0 radical (unpaired) electrons. The number of methoxy groups -OCH3 is 2. The lowest BCUT2D eigenvalue weighted by atomic mass is 9.98. The van der Waals surface area contributed by atoms with Crippen LogP contribution in [-0.2, 0) is 14.3 Å². The van der Waals surface area contributed by atoms with E-state index < -0.39 is 5.97 Å².